The highest BCUT2D eigenvalue weighted by Crippen LogP contribution is 2.38. The molecule has 0 bridgehead atoms. The molecular weight excluding hydrogens is 463 g/mol. The lowest BCUT2D eigenvalue weighted by Gasteiger charge is -2.36. The van der Waals surface area contributed by atoms with Gasteiger partial charge in [-0.05, 0) is 49.6 Å². The van der Waals surface area contributed by atoms with E-state index in [0.717, 1.165) is 41.8 Å². The molecule has 170 valence electrons. The van der Waals surface area contributed by atoms with Gasteiger partial charge in [0.05, 0.1) is 24.3 Å². The normalized spacial score (nSPS) is 20.9. The summed E-state index contributed by atoms with van der Waals surface area (Å²) in [6.07, 6.45) is 1.92. The highest BCUT2D eigenvalue weighted by molar-refractivity contribution is 6.31. The summed E-state index contributed by atoms with van der Waals surface area (Å²) in [5, 5.41) is 8.46. The Kier molecular flexibility index (Phi) is 6.10. The summed E-state index contributed by atoms with van der Waals surface area (Å²) in [6.45, 7) is 3.08. The van der Waals surface area contributed by atoms with Crippen molar-refractivity contribution in [2.45, 2.75) is 31.9 Å². The lowest BCUT2D eigenvalue weighted by molar-refractivity contribution is 0.0877. The van der Waals surface area contributed by atoms with Crippen LogP contribution in [0.25, 0.3) is 17.0 Å². The van der Waals surface area contributed by atoms with Gasteiger partial charge in [0.2, 0.25) is 5.82 Å². The van der Waals surface area contributed by atoms with Gasteiger partial charge in [-0.25, -0.2) is 4.79 Å². The fraction of sp³-hybridized carbons (Fsp3) is 0.292. The first-order valence-electron chi connectivity index (χ1n) is 10.8. The summed E-state index contributed by atoms with van der Waals surface area (Å²) < 4.78 is 11.5. The number of aromatic nitrogens is 2. The number of urea groups is 1. The van der Waals surface area contributed by atoms with Gasteiger partial charge in [-0.3, -0.25) is 4.90 Å². The molecule has 1 fully saturated rings. The molecule has 9 heteroatoms. The van der Waals surface area contributed by atoms with E-state index < -0.39 is 6.04 Å². The van der Waals surface area contributed by atoms with Crippen LogP contribution in [0.2, 0.25) is 10.0 Å². The first-order chi connectivity index (χ1) is 16.0. The van der Waals surface area contributed by atoms with E-state index in [0.29, 0.717) is 28.3 Å². The van der Waals surface area contributed by atoms with Crippen LogP contribution in [0.1, 0.15) is 37.3 Å². The van der Waals surface area contributed by atoms with Crippen LogP contribution in [0, 0.1) is 0 Å². The number of hydrogen-bond acceptors (Lipinski definition) is 5. The molecule has 3 heterocycles. The number of nitrogens with one attached hydrogen (secondary N) is 1. The number of rotatable bonds is 5. The van der Waals surface area contributed by atoms with Crippen molar-refractivity contribution in [3.05, 3.63) is 75.7 Å². The standard InChI is InChI=1S/C24H22Cl2N4O3/c1-14-20(23-28-22(29-33-23)16-4-2-5-18(26)12-16)21(15-7-9-17(25)10-8-15)27-24(31)30(14)13-19-6-3-11-32-19/h2,4-5,7-10,12,19,21H,3,6,11,13H2,1H3,(H,27,31). The molecule has 1 N–H and O–H groups in total. The fourth-order valence-corrected chi connectivity index (χ4v) is 4.57. The zero-order valence-corrected chi connectivity index (χ0v) is 19.4. The number of allylic oxidation sites excluding steroid dienone is 1. The van der Waals surface area contributed by atoms with Gasteiger partial charge >= 0.3 is 6.03 Å². The number of hydrogen-bond donors (Lipinski definition) is 1. The maximum atomic E-state index is 13.1. The summed E-state index contributed by atoms with van der Waals surface area (Å²) in [5.74, 6) is 0.755. The van der Waals surface area contributed by atoms with E-state index in [1.54, 1.807) is 29.2 Å². The van der Waals surface area contributed by atoms with Gasteiger partial charge in [0.15, 0.2) is 0 Å². The summed E-state index contributed by atoms with van der Waals surface area (Å²) in [6, 6.07) is 13.9. The fourth-order valence-electron chi connectivity index (χ4n) is 4.25. The van der Waals surface area contributed by atoms with Crippen LogP contribution < -0.4 is 5.32 Å². The minimum atomic E-state index is -0.469. The van der Waals surface area contributed by atoms with Gasteiger partial charge in [-0.1, -0.05) is 52.6 Å². The van der Waals surface area contributed by atoms with Crippen LogP contribution in [-0.4, -0.2) is 40.3 Å². The van der Waals surface area contributed by atoms with Crippen molar-refractivity contribution in [2.24, 2.45) is 0 Å². The lowest BCUT2D eigenvalue weighted by atomic mass is 9.94. The minimum absolute atomic E-state index is 0.00346. The summed E-state index contributed by atoms with van der Waals surface area (Å²) >= 11 is 12.2. The van der Waals surface area contributed by atoms with Crippen LogP contribution >= 0.6 is 23.2 Å². The number of ether oxygens (including phenoxy) is 1. The van der Waals surface area contributed by atoms with E-state index >= 15 is 0 Å². The summed E-state index contributed by atoms with van der Waals surface area (Å²) in [5.41, 5.74) is 3.09. The van der Waals surface area contributed by atoms with Crippen molar-refractivity contribution < 1.29 is 14.1 Å². The van der Waals surface area contributed by atoms with Crippen molar-refractivity contribution in [3.8, 4) is 11.4 Å². The van der Waals surface area contributed by atoms with Crippen molar-refractivity contribution in [1.82, 2.24) is 20.4 Å². The first-order valence-corrected chi connectivity index (χ1v) is 11.5. The molecule has 0 aliphatic carbocycles. The first kappa shape index (κ1) is 21.9. The topological polar surface area (TPSA) is 80.5 Å². The highest BCUT2D eigenvalue weighted by Gasteiger charge is 2.37. The van der Waals surface area contributed by atoms with Crippen molar-refractivity contribution in [3.63, 3.8) is 0 Å². The second kappa shape index (κ2) is 9.17. The van der Waals surface area contributed by atoms with Gasteiger partial charge in [-0.15, -0.1) is 0 Å². The number of nitrogens with zero attached hydrogens (tertiary/aromatic N) is 3. The van der Waals surface area contributed by atoms with Gasteiger partial charge < -0.3 is 14.6 Å². The number of carbonyl (C=O) groups is 1. The molecule has 0 saturated carbocycles. The minimum Gasteiger partial charge on any atom is -0.376 e. The van der Waals surface area contributed by atoms with Gasteiger partial charge in [-0.2, -0.15) is 4.98 Å². The molecule has 2 atom stereocenters. The molecule has 2 aromatic carbocycles. The SMILES string of the molecule is CC1=C(c2nc(-c3cccc(Cl)c3)no2)C(c2ccc(Cl)cc2)NC(=O)N1CC1CCCO1. The predicted molar refractivity (Wildman–Crippen MR) is 126 cm³/mol. The van der Waals surface area contributed by atoms with Gasteiger partial charge in [0.1, 0.15) is 0 Å². The molecule has 2 aliphatic rings. The Balaban J connectivity index is 1.57. The van der Waals surface area contributed by atoms with Gasteiger partial charge in [0.25, 0.3) is 5.89 Å². The molecule has 2 unspecified atom stereocenters. The molecule has 3 aromatic rings. The summed E-state index contributed by atoms with van der Waals surface area (Å²) in [7, 11) is 0. The molecule has 5 rings (SSSR count). The number of amides is 2. The quantitative estimate of drug-likeness (QED) is 0.500. The van der Waals surface area contributed by atoms with Crippen molar-refractivity contribution >= 4 is 34.8 Å². The van der Waals surface area contributed by atoms with Crippen LogP contribution in [0.15, 0.2) is 58.8 Å². The third-order valence-corrected chi connectivity index (χ3v) is 6.44. The smallest absolute Gasteiger partial charge is 0.322 e. The number of halogens is 2. The molecule has 2 amide bonds. The zero-order chi connectivity index (χ0) is 22.9. The Labute approximate surface area is 201 Å². The van der Waals surface area contributed by atoms with E-state index in [9.17, 15) is 4.79 Å². The van der Waals surface area contributed by atoms with Crippen LogP contribution in [0.3, 0.4) is 0 Å². The van der Waals surface area contributed by atoms with Crippen LogP contribution in [-0.2, 0) is 4.74 Å². The monoisotopic (exact) mass is 484 g/mol. The predicted octanol–water partition coefficient (Wildman–Crippen LogP) is 5.72. The molecule has 0 spiro atoms. The van der Waals surface area contributed by atoms with E-state index in [1.165, 1.54) is 0 Å². The molecular formula is C24H22Cl2N4O3. The van der Waals surface area contributed by atoms with E-state index in [2.05, 4.69) is 15.5 Å². The molecule has 33 heavy (non-hydrogen) atoms. The molecule has 1 aromatic heterocycles. The third kappa shape index (κ3) is 4.49. The van der Waals surface area contributed by atoms with Crippen LogP contribution in [0.5, 0.6) is 0 Å². The Bertz CT molecular complexity index is 1200. The number of benzene rings is 2. The Morgan fingerprint density at radius 1 is 1.15 bits per heavy atom. The summed E-state index contributed by atoms with van der Waals surface area (Å²) in [4.78, 5) is 19.4. The Morgan fingerprint density at radius 3 is 2.70 bits per heavy atom. The van der Waals surface area contributed by atoms with E-state index in [1.807, 2.05) is 31.2 Å². The highest BCUT2D eigenvalue weighted by atomic mass is 35.5. The molecule has 1 saturated heterocycles. The van der Waals surface area contributed by atoms with Gasteiger partial charge in [0, 0.05) is 27.9 Å². The molecule has 7 nitrogen and oxygen atoms in total. The van der Waals surface area contributed by atoms with Crippen molar-refractivity contribution in [2.75, 3.05) is 13.2 Å². The average Bonchev–Trinajstić information content (AvgIpc) is 3.49. The third-order valence-electron chi connectivity index (χ3n) is 5.95. The van der Waals surface area contributed by atoms with Crippen molar-refractivity contribution in [1.29, 1.82) is 0 Å². The van der Waals surface area contributed by atoms with E-state index in [4.69, 9.17) is 32.5 Å². The zero-order valence-electron chi connectivity index (χ0n) is 17.9. The second-order valence-electron chi connectivity index (χ2n) is 8.11. The van der Waals surface area contributed by atoms with E-state index in [-0.39, 0.29) is 12.1 Å². The van der Waals surface area contributed by atoms with Crippen LogP contribution in [0.4, 0.5) is 4.79 Å². The largest absolute Gasteiger partial charge is 0.376 e. The number of carbonyl (C=O) groups excluding carboxylic acids is 1. The molecule has 2 aliphatic heterocycles. The lowest BCUT2D eigenvalue weighted by Crippen LogP contribution is -2.48. The maximum absolute atomic E-state index is 13.1. The average molecular weight is 485 g/mol. The Morgan fingerprint density at radius 2 is 1.97 bits per heavy atom. The Hall–Kier alpha value is -2.87. The maximum Gasteiger partial charge on any atom is 0.322 e. The second-order valence-corrected chi connectivity index (χ2v) is 8.99. The molecule has 0 radical (unpaired) electrons.